The Bertz CT molecular complexity index is 1330. The van der Waals surface area contributed by atoms with E-state index in [0.717, 1.165) is 11.1 Å². The van der Waals surface area contributed by atoms with Gasteiger partial charge in [-0.2, -0.15) is 0 Å². The SMILES string of the molecule is Cc1nc(-c2ccc(NC(=O)Nc3ccc4c(c3)CC(=O)C4(C)C)cc2)nc(N2CCOCC2)c1F. The van der Waals surface area contributed by atoms with E-state index in [9.17, 15) is 14.0 Å². The molecule has 2 N–H and O–H groups in total. The lowest BCUT2D eigenvalue weighted by molar-refractivity contribution is -0.121. The third kappa shape index (κ3) is 4.54. The smallest absolute Gasteiger partial charge is 0.323 e. The summed E-state index contributed by atoms with van der Waals surface area (Å²) in [5.41, 5.74) is 3.66. The van der Waals surface area contributed by atoms with Crippen molar-refractivity contribution in [3.8, 4) is 11.4 Å². The zero-order valence-corrected chi connectivity index (χ0v) is 20.5. The monoisotopic (exact) mass is 489 g/mol. The number of halogens is 1. The first-order valence-corrected chi connectivity index (χ1v) is 11.9. The maximum Gasteiger partial charge on any atom is 0.323 e. The predicted molar refractivity (Wildman–Crippen MR) is 136 cm³/mol. The second-order valence-electron chi connectivity index (χ2n) is 9.62. The first-order chi connectivity index (χ1) is 17.2. The number of nitrogens with zero attached hydrogens (tertiary/aromatic N) is 3. The average Bonchev–Trinajstić information content (AvgIpc) is 3.09. The zero-order chi connectivity index (χ0) is 25.4. The highest BCUT2D eigenvalue weighted by atomic mass is 19.1. The molecule has 2 heterocycles. The molecule has 0 unspecified atom stereocenters. The second-order valence-corrected chi connectivity index (χ2v) is 9.62. The van der Waals surface area contributed by atoms with Gasteiger partial charge in [-0.3, -0.25) is 4.79 Å². The molecule has 9 heteroatoms. The fourth-order valence-corrected chi connectivity index (χ4v) is 4.63. The van der Waals surface area contributed by atoms with Crippen LogP contribution < -0.4 is 15.5 Å². The summed E-state index contributed by atoms with van der Waals surface area (Å²) in [5.74, 6) is 0.454. The fourth-order valence-electron chi connectivity index (χ4n) is 4.63. The van der Waals surface area contributed by atoms with Gasteiger partial charge in [-0.1, -0.05) is 6.07 Å². The summed E-state index contributed by atoms with van der Waals surface area (Å²) in [6.07, 6.45) is 0.374. The Morgan fingerprint density at radius 2 is 1.69 bits per heavy atom. The number of urea groups is 1. The van der Waals surface area contributed by atoms with Gasteiger partial charge in [0, 0.05) is 41.9 Å². The summed E-state index contributed by atoms with van der Waals surface area (Å²) in [5, 5.41) is 5.63. The molecule has 1 aliphatic heterocycles. The van der Waals surface area contributed by atoms with E-state index in [-0.39, 0.29) is 17.3 Å². The number of Topliss-reactive ketones (excluding diaryl/α,β-unsaturated/α-hetero) is 1. The van der Waals surface area contributed by atoms with E-state index in [1.165, 1.54) is 0 Å². The van der Waals surface area contributed by atoms with Crippen LogP contribution in [0.5, 0.6) is 0 Å². The van der Waals surface area contributed by atoms with Gasteiger partial charge >= 0.3 is 6.03 Å². The van der Waals surface area contributed by atoms with Crippen LogP contribution in [-0.2, 0) is 21.4 Å². The molecule has 1 fully saturated rings. The highest BCUT2D eigenvalue weighted by Crippen LogP contribution is 2.37. The van der Waals surface area contributed by atoms with Gasteiger partial charge in [0.1, 0.15) is 5.78 Å². The number of nitrogens with one attached hydrogen (secondary N) is 2. The van der Waals surface area contributed by atoms with Gasteiger partial charge in [-0.15, -0.1) is 0 Å². The lowest BCUT2D eigenvalue weighted by atomic mass is 9.86. The Kier molecular flexibility index (Phi) is 6.17. The molecule has 186 valence electrons. The number of hydrogen-bond donors (Lipinski definition) is 2. The molecule has 2 aromatic carbocycles. The quantitative estimate of drug-likeness (QED) is 0.561. The Morgan fingerprint density at radius 3 is 2.42 bits per heavy atom. The number of rotatable bonds is 4. The van der Waals surface area contributed by atoms with E-state index in [1.807, 2.05) is 36.9 Å². The van der Waals surface area contributed by atoms with E-state index < -0.39 is 17.3 Å². The van der Waals surface area contributed by atoms with Crippen LogP contribution in [-0.4, -0.2) is 48.1 Å². The molecule has 0 radical (unpaired) electrons. The molecule has 1 saturated heterocycles. The molecular weight excluding hydrogens is 461 g/mol. The Labute approximate surface area is 208 Å². The number of benzene rings is 2. The molecular formula is C27H28FN5O3. The Hall–Kier alpha value is -3.85. The molecule has 8 nitrogen and oxygen atoms in total. The van der Waals surface area contributed by atoms with Crippen LogP contribution in [0.25, 0.3) is 11.4 Å². The first kappa shape index (κ1) is 23.9. The van der Waals surface area contributed by atoms with Gasteiger partial charge in [0.2, 0.25) is 0 Å². The van der Waals surface area contributed by atoms with Crippen LogP contribution in [0.1, 0.15) is 30.7 Å². The average molecular weight is 490 g/mol. The molecule has 0 atom stereocenters. The van der Waals surface area contributed by atoms with E-state index >= 15 is 0 Å². The molecule has 3 aromatic rings. The highest BCUT2D eigenvalue weighted by molar-refractivity contribution is 6.01. The summed E-state index contributed by atoms with van der Waals surface area (Å²) >= 11 is 0. The lowest BCUT2D eigenvalue weighted by Gasteiger charge is -2.28. The standard InChI is InChI=1S/C27H28FN5O3/c1-16-23(28)25(33-10-12-36-13-11-33)32-24(29-16)17-4-6-19(7-5-17)30-26(35)31-20-8-9-21-18(14-20)15-22(34)27(21,2)3/h4-9,14H,10-13,15H2,1-3H3,(H2,30,31,35). The molecule has 0 spiro atoms. The van der Waals surface area contributed by atoms with Gasteiger partial charge in [-0.05, 0) is 68.3 Å². The predicted octanol–water partition coefficient (Wildman–Crippen LogP) is 4.47. The van der Waals surface area contributed by atoms with Crippen molar-refractivity contribution in [1.82, 2.24) is 9.97 Å². The summed E-state index contributed by atoms with van der Waals surface area (Å²) in [7, 11) is 0. The van der Waals surface area contributed by atoms with Crippen LogP contribution in [0.15, 0.2) is 42.5 Å². The maximum absolute atomic E-state index is 14.7. The van der Waals surface area contributed by atoms with Gasteiger partial charge in [0.15, 0.2) is 17.5 Å². The van der Waals surface area contributed by atoms with Crippen LogP contribution in [0.2, 0.25) is 0 Å². The molecule has 5 rings (SSSR count). The Balaban J connectivity index is 1.27. The van der Waals surface area contributed by atoms with Crippen LogP contribution in [0.3, 0.4) is 0 Å². The van der Waals surface area contributed by atoms with Crippen LogP contribution in [0.4, 0.5) is 26.4 Å². The summed E-state index contributed by atoms with van der Waals surface area (Å²) in [4.78, 5) is 35.5. The lowest BCUT2D eigenvalue weighted by Crippen LogP contribution is -2.37. The number of morpholine rings is 1. The molecule has 0 bridgehead atoms. The number of aromatic nitrogens is 2. The van der Waals surface area contributed by atoms with Gasteiger partial charge in [-0.25, -0.2) is 19.2 Å². The molecule has 0 saturated carbocycles. The second kappa shape index (κ2) is 9.31. The van der Waals surface area contributed by atoms with Crippen molar-refractivity contribution < 1.29 is 18.7 Å². The molecule has 1 aromatic heterocycles. The van der Waals surface area contributed by atoms with Crippen LogP contribution in [0, 0.1) is 12.7 Å². The van der Waals surface area contributed by atoms with Crippen molar-refractivity contribution >= 4 is 29.0 Å². The number of carbonyl (C=O) groups is 2. The number of carbonyl (C=O) groups excluding carboxylic acids is 2. The van der Waals surface area contributed by atoms with Crippen molar-refractivity contribution in [2.24, 2.45) is 0 Å². The van der Waals surface area contributed by atoms with Crippen molar-refractivity contribution in [3.63, 3.8) is 0 Å². The van der Waals surface area contributed by atoms with Crippen molar-refractivity contribution in [3.05, 3.63) is 65.1 Å². The van der Waals surface area contributed by atoms with E-state index in [1.54, 1.807) is 31.2 Å². The molecule has 1 aliphatic carbocycles. The third-order valence-corrected chi connectivity index (χ3v) is 6.80. The van der Waals surface area contributed by atoms with Gasteiger partial charge in [0.25, 0.3) is 0 Å². The van der Waals surface area contributed by atoms with Gasteiger partial charge in [0.05, 0.1) is 18.9 Å². The summed E-state index contributed by atoms with van der Waals surface area (Å²) in [6.45, 7) is 7.68. The van der Waals surface area contributed by atoms with Crippen molar-refractivity contribution in [2.45, 2.75) is 32.6 Å². The molecule has 2 aliphatic rings. The molecule has 36 heavy (non-hydrogen) atoms. The number of fused-ring (bicyclic) bond motifs is 1. The largest absolute Gasteiger partial charge is 0.378 e. The minimum absolute atomic E-state index is 0.177. The Morgan fingerprint density at radius 1 is 1.03 bits per heavy atom. The number of anilines is 3. The van der Waals surface area contributed by atoms with E-state index in [0.29, 0.717) is 55.5 Å². The summed E-state index contributed by atoms with van der Waals surface area (Å²) < 4.78 is 20.1. The van der Waals surface area contributed by atoms with Gasteiger partial charge < -0.3 is 20.3 Å². The number of amides is 2. The normalized spacial score (nSPS) is 16.6. The molecule has 2 amide bonds. The number of hydrogen-bond acceptors (Lipinski definition) is 6. The van der Waals surface area contributed by atoms with Crippen molar-refractivity contribution in [1.29, 1.82) is 0 Å². The van der Waals surface area contributed by atoms with Crippen molar-refractivity contribution in [2.75, 3.05) is 41.8 Å². The zero-order valence-electron chi connectivity index (χ0n) is 20.5. The number of ketones is 1. The third-order valence-electron chi connectivity index (χ3n) is 6.80. The van der Waals surface area contributed by atoms with E-state index in [2.05, 4.69) is 20.6 Å². The van der Waals surface area contributed by atoms with E-state index in [4.69, 9.17) is 4.74 Å². The highest BCUT2D eigenvalue weighted by Gasteiger charge is 2.37. The minimum Gasteiger partial charge on any atom is -0.378 e. The van der Waals surface area contributed by atoms with Crippen LogP contribution >= 0.6 is 0 Å². The summed E-state index contributed by atoms with van der Waals surface area (Å²) in [6, 6.07) is 12.2. The first-order valence-electron chi connectivity index (χ1n) is 11.9. The number of aryl methyl sites for hydroxylation is 1. The number of ether oxygens (including phenoxy) is 1. The topological polar surface area (TPSA) is 96.5 Å². The fraction of sp³-hybridized carbons (Fsp3) is 0.333. The minimum atomic E-state index is -0.492. The maximum atomic E-state index is 14.7.